The van der Waals surface area contributed by atoms with Crippen molar-refractivity contribution in [2.75, 3.05) is 10.7 Å². The number of nitrogens with one attached hydrogen (secondary N) is 2. The van der Waals surface area contributed by atoms with Gasteiger partial charge < -0.3 is 10.7 Å². The fourth-order valence-corrected chi connectivity index (χ4v) is 4.71. The number of carbonyl (C=O) groups is 1. The first-order chi connectivity index (χ1) is 13.9. The summed E-state index contributed by atoms with van der Waals surface area (Å²) in [6.07, 6.45) is 0.764. The van der Waals surface area contributed by atoms with Crippen LogP contribution in [0.1, 0.15) is 41.0 Å². The number of fused-ring (bicyclic) bond motifs is 1. The molecule has 150 valence electrons. The zero-order chi connectivity index (χ0) is 20.5. The first-order valence-corrected chi connectivity index (χ1v) is 10.7. The van der Waals surface area contributed by atoms with Crippen LogP contribution in [0.5, 0.6) is 0 Å². The molecule has 0 spiro atoms. The molecule has 0 bridgehead atoms. The van der Waals surface area contributed by atoms with Gasteiger partial charge in [0.05, 0.1) is 6.04 Å². The molecule has 0 unspecified atom stereocenters. The Labute approximate surface area is 175 Å². The highest BCUT2D eigenvalue weighted by molar-refractivity contribution is 8.00. The third-order valence-corrected chi connectivity index (χ3v) is 6.22. The normalized spacial score (nSPS) is 18.1. The second-order valence-corrected chi connectivity index (χ2v) is 8.62. The molecule has 0 radical (unpaired) electrons. The van der Waals surface area contributed by atoms with Crippen molar-refractivity contribution in [2.45, 2.75) is 50.6 Å². The molecule has 2 atom stereocenters. The molecule has 6 nitrogen and oxygen atoms in total. The molecule has 2 aromatic carbocycles. The number of hydrogen-bond acceptors (Lipinski definition) is 5. The molecule has 4 rings (SSSR count). The Balaban J connectivity index is 1.67. The standard InChI is InChI=1S/C22H25N5OS/c1-5-18-24-25-22-27(18)26-19(16-8-6-13(2)7-9-16)20(29-22)21(28)23-17-11-14(3)10-15(4)12-17/h6-12,19-20,26H,5H2,1-4H3,(H,23,28)/t19-,20+/m0/s1. The lowest BCUT2D eigenvalue weighted by atomic mass is 10.0. The molecule has 1 aromatic heterocycles. The van der Waals surface area contributed by atoms with Gasteiger partial charge >= 0.3 is 0 Å². The topological polar surface area (TPSA) is 71.8 Å². The number of aryl methyl sites for hydroxylation is 4. The van der Waals surface area contributed by atoms with Crippen LogP contribution in [-0.4, -0.2) is 26.0 Å². The van der Waals surface area contributed by atoms with E-state index in [2.05, 4.69) is 58.2 Å². The summed E-state index contributed by atoms with van der Waals surface area (Å²) < 4.78 is 1.91. The van der Waals surface area contributed by atoms with Gasteiger partial charge in [-0.3, -0.25) is 4.79 Å². The maximum Gasteiger partial charge on any atom is 0.240 e. The molecule has 2 N–H and O–H groups in total. The van der Waals surface area contributed by atoms with Crippen LogP contribution in [-0.2, 0) is 11.2 Å². The zero-order valence-corrected chi connectivity index (χ0v) is 17.9. The second kappa shape index (κ2) is 7.91. The van der Waals surface area contributed by atoms with Gasteiger partial charge in [-0.15, -0.1) is 10.2 Å². The van der Waals surface area contributed by atoms with Gasteiger partial charge in [0, 0.05) is 12.1 Å². The van der Waals surface area contributed by atoms with Gasteiger partial charge in [0.15, 0.2) is 5.82 Å². The number of hydrogen-bond donors (Lipinski definition) is 2. The van der Waals surface area contributed by atoms with Crippen LogP contribution >= 0.6 is 11.8 Å². The second-order valence-electron chi connectivity index (χ2n) is 7.51. The van der Waals surface area contributed by atoms with Crippen LogP contribution in [0.2, 0.25) is 0 Å². The van der Waals surface area contributed by atoms with Crippen molar-refractivity contribution in [3.8, 4) is 0 Å². The fraction of sp³-hybridized carbons (Fsp3) is 0.318. The minimum atomic E-state index is -0.375. The van der Waals surface area contributed by atoms with Gasteiger partial charge in [-0.05, 0) is 49.6 Å². The van der Waals surface area contributed by atoms with Gasteiger partial charge in [0.1, 0.15) is 5.25 Å². The smallest absolute Gasteiger partial charge is 0.240 e. The SMILES string of the molecule is CCc1nnc2n1N[C@@H](c1ccc(C)cc1)[C@H](C(=O)Nc1cc(C)cc(C)c1)S2. The Morgan fingerprint density at radius 2 is 1.76 bits per heavy atom. The summed E-state index contributed by atoms with van der Waals surface area (Å²) in [4.78, 5) is 13.3. The molecule has 0 saturated carbocycles. The van der Waals surface area contributed by atoms with Gasteiger partial charge in [0.25, 0.3) is 0 Å². The number of rotatable bonds is 4. The van der Waals surface area contributed by atoms with E-state index in [1.165, 1.54) is 17.3 Å². The molecule has 3 aromatic rings. The van der Waals surface area contributed by atoms with E-state index in [-0.39, 0.29) is 17.2 Å². The Hall–Kier alpha value is -2.80. The monoisotopic (exact) mass is 407 g/mol. The van der Waals surface area contributed by atoms with Crippen LogP contribution in [0.25, 0.3) is 0 Å². The highest BCUT2D eigenvalue weighted by Gasteiger charge is 2.37. The van der Waals surface area contributed by atoms with Crippen LogP contribution in [0.15, 0.2) is 47.6 Å². The fourth-order valence-electron chi connectivity index (χ4n) is 3.61. The molecule has 0 aliphatic carbocycles. The molecule has 0 fully saturated rings. The summed E-state index contributed by atoms with van der Waals surface area (Å²) in [5.74, 6) is 0.808. The molecule has 2 heterocycles. The van der Waals surface area contributed by atoms with Gasteiger partial charge in [0.2, 0.25) is 11.1 Å². The molecule has 1 aliphatic heterocycles. The van der Waals surface area contributed by atoms with Crippen LogP contribution in [0, 0.1) is 20.8 Å². The lowest BCUT2D eigenvalue weighted by Gasteiger charge is -2.33. The predicted octanol–water partition coefficient (Wildman–Crippen LogP) is 4.16. The Morgan fingerprint density at radius 1 is 1.07 bits per heavy atom. The van der Waals surface area contributed by atoms with E-state index in [1.54, 1.807) is 0 Å². The molecule has 1 amide bonds. The van der Waals surface area contributed by atoms with Crippen molar-refractivity contribution >= 4 is 23.4 Å². The van der Waals surface area contributed by atoms with E-state index < -0.39 is 0 Å². The first kappa shape index (κ1) is 19.5. The van der Waals surface area contributed by atoms with Gasteiger partial charge in [-0.2, -0.15) is 0 Å². The average molecular weight is 408 g/mol. The summed E-state index contributed by atoms with van der Waals surface area (Å²) in [5, 5.41) is 12.0. The number of aromatic nitrogens is 3. The summed E-state index contributed by atoms with van der Waals surface area (Å²) >= 11 is 1.45. The van der Waals surface area contributed by atoms with E-state index >= 15 is 0 Å². The van der Waals surface area contributed by atoms with E-state index in [9.17, 15) is 4.79 Å². The largest absolute Gasteiger partial charge is 0.325 e. The molecule has 7 heteroatoms. The summed E-state index contributed by atoms with van der Waals surface area (Å²) in [6, 6.07) is 14.2. The lowest BCUT2D eigenvalue weighted by molar-refractivity contribution is -0.116. The van der Waals surface area contributed by atoms with Gasteiger partial charge in [-0.1, -0.05) is 54.6 Å². The van der Waals surface area contributed by atoms with E-state index in [0.717, 1.165) is 34.6 Å². The first-order valence-electron chi connectivity index (χ1n) is 9.78. The quantitative estimate of drug-likeness (QED) is 0.679. The van der Waals surface area contributed by atoms with E-state index in [1.807, 2.05) is 37.6 Å². The number of thioether (sulfide) groups is 1. The number of benzene rings is 2. The molecule has 29 heavy (non-hydrogen) atoms. The minimum Gasteiger partial charge on any atom is -0.325 e. The number of carbonyl (C=O) groups excluding carboxylic acids is 1. The number of nitrogens with zero attached hydrogens (tertiary/aromatic N) is 3. The van der Waals surface area contributed by atoms with Crippen LogP contribution < -0.4 is 10.7 Å². The maximum absolute atomic E-state index is 13.3. The third-order valence-electron chi connectivity index (χ3n) is 5.00. The Morgan fingerprint density at radius 3 is 2.41 bits per heavy atom. The van der Waals surface area contributed by atoms with Crippen molar-refractivity contribution in [1.82, 2.24) is 14.9 Å². The molecular formula is C22H25N5OS. The third kappa shape index (κ3) is 4.00. The van der Waals surface area contributed by atoms with Crippen LogP contribution in [0.3, 0.4) is 0 Å². The summed E-state index contributed by atoms with van der Waals surface area (Å²) in [5.41, 5.74) is 8.79. The van der Waals surface area contributed by atoms with Gasteiger partial charge in [-0.25, -0.2) is 4.68 Å². The Bertz CT molecular complexity index is 1020. The van der Waals surface area contributed by atoms with Crippen molar-refractivity contribution < 1.29 is 4.79 Å². The van der Waals surface area contributed by atoms with E-state index in [4.69, 9.17) is 0 Å². The highest BCUT2D eigenvalue weighted by atomic mass is 32.2. The van der Waals surface area contributed by atoms with Crippen molar-refractivity contribution in [3.63, 3.8) is 0 Å². The van der Waals surface area contributed by atoms with Crippen LogP contribution in [0.4, 0.5) is 5.69 Å². The minimum absolute atomic E-state index is 0.0506. The highest BCUT2D eigenvalue weighted by Crippen LogP contribution is 2.37. The van der Waals surface area contributed by atoms with E-state index in [0.29, 0.717) is 5.16 Å². The zero-order valence-electron chi connectivity index (χ0n) is 17.1. The summed E-state index contributed by atoms with van der Waals surface area (Å²) in [6.45, 7) is 8.17. The number of amides is 1. The average Bonchev–Trinajstić information content (AvgIpc) is 3.09. The molecule has 0 saturated heterocycles. The number of anilines is 1. The summed E-state index contributed by atoms with van der Waals surface area (Å²) in [7, 11) is 0. The van der Waals surface area contributed by atoms with Crippen molar-refractivity contribution in [1.29, 1.82) is 0 Å². The predicted molar refractivity (Wildman–Crippen MR) is 117 cm³/mol. The van der Waals surface area contributed by atoms with Crippen molar-refractivity contribution in [3.05, 3.63) is 70.5 Å². The maximum atomic E-state index is 13.3. The Kier molecular flexibility index (Phi) is 5.32. The molecular weight excluding hydrogens is 382 g/mol. The lowest BCUT2D eigenvalue weighted by Crippen LogP contribution is -2.41. The van der Waals surface area contributed by atoms with Crippen molar-refractivity contribution in [2.24, 2.45) is 0 Å². The molecule has 1 aliphatic rings.